The summed E-state index contributed by atoms with van der Waals surface area (Å²) in [4.78, 5) is 25.6. The second kappa shape index (κ2) is 8.57. The van der Waals surface area contributed by atoms with E-state index in [1.54, 1.807) is 7.11 Å². The Morgan fingerprint density at radius 2 is 2.04 bits per heavy atom. The van der Waals surface area contributed by atoms with Crippen LogP contribution in [0.2, 0.25) is 0 Å². The largest absolute Gasteiger partial charge is 0.497 e. The number of methoxy groups -OCH3 is 1. The van der Waals surface area contributed by atoms with Crippen molar-refractivity contribution in [1.82, 2.24) is 0 Å². The molecule has 6 heteroatoms. The number of amides is 2. The molecule has 1 atom stereocenters. The first-order valence-corrected chi connectivity index (χ1v) is 10.2. The lowest BCUT2D eigenvalue weighted by Crippen LogP contribution is -2.19. The summed E-state index contributed by atoms with van der Waals surface area (Å²) in [6, 6.07) is 7.68. The van der Waals surface area contributed by atoms with E-state index in [-0.39, 0.29) is 5.91 Å². The number of carbonyl (C=O) groups excluding carboxylic acids is 2. The van der Waals surface area contributed by atoms with Crippen molar-refractivity contribution in [3.63, 3.8) is 0 Å². The van der Waals surface area contributed by atoms with Crippen molar-refractivity contribution in [3.05, 3.63) is 45.8 Å². The molecular weight excluding hydrogens is 360 g/mol. The molecule has 0 bridgehead atoms. The zero-order valence-electron chi connectivity index (χ0n) is 15.8. The molecule has 144 valence electrons. The molecule has 1 aromatic heterocycles. The van der Waals surface area contributed by atoms with E-state index in [0.29, 0.717) is 29.3 Å². The van der Waals surface area contributed by atoms with Crippen molar-refractivity contribution >= 4 is 28.2 Å². The van der Waals surface area contributed by atoms with Crippen LogP contribution in [0.1, 0.15) is 52.5 Å². The summed E-state index contributed by atoms with van der Waals surface area (Å²) in [5, 5.41) is 3.54. The lowest BCUT2D eigenvalue weighted by atomic mass is 9.85. The SMILES string of the molecule is CC[C@@H]1CCc2c(sc(NC(=O)CCc3ccc(OC)cc3)c2C(N)=O)C1. The minimum Gasteiger partial charge on any atom is -0.497 e. The summed E-state index contributed by atoms with van der Waals surface area (Å²) in [5.74, 6) is 0.895. The molecule has 5 nitrogen and oxygen atoms in total. The van der Waals surface area contributed by atoms with Crippen LogP contribution in [-0.2, 0) is 24.1 Å². The van der Waals surface area contributed by atoms with Gasteiger partial charge in [0, 0.05) is 11.3 Å². The van der Waals surface area contributed by atoms with E-state index in [0.717, 1.165) is 42.6 Å². The minimum atomic E-state index is -0.451. The van der Waals surface area contributed by atoms with E-state index in [4.69, 9.17) is 10.5 Å². The van der Waals surface area contributed by atoms with Crippen LogP contribution in [0.5, 0.6) is 5.75 Å². The third-order valence-corrected chi connectivity index (χ3v) is 6.41. The summed E-state index contributed by atoms with van der Waals surface area (Å²) in [6.07, 6.45) is 5.02. The van der Waals surface area contributed by atoms with Crippen molar-refractivity contribution in [2.24, 2.45) is 11.7 Å². The van der Waals surface area contributed by atoms with Gasteiger partial charge in [-0.15, -0.1) is 11.3 Å². The highest BCUT2D eigenvalue weighted by Crippen LogP contribution is 2.40. The van der Waals surface area contributed by atoms with Crippen LogP contribution < -0.4 is 15.8 Å². The molecule has 0 saturated carbocycles. The maximum absolute atomic E-state index is 12.4. The second-order valence-corrected chi connectivity index (χ2v) is 8.09. The predicted octanol–water partition coefficient (Wildman–Crippen LogP) is 3.94. The maximum atomic E-state index is 12.4. The van der Waals surface area contributed by atoms with Gasteiger partial charge in [0.2, 0.25) is 5.91 Å². The fourth-order valence-corrected chi connectivity index (χ4v) is 4.97. The van der Waals surface area contributed by atoms with Gasteiger partial charge in [0.25, 0.3) is 5.91 Å². The third kappa shape index (κ3) is 4.50. The van der Waals surface area contributed by atoms with E-state index >= 15 is 0 Å². The van der Waals surface area contributed by atoms with Crippen LogP contribution >= 0.6 is 11.3 Å². The number of thiophene rings is 1. The summed E-state index contributed by atoms with van der Waals surface area (Å²) >= 11 is 1.52. The Morgan fingerprint density at radius 3 is 2.67 bits per heavy atom. The Balaban J connectivity index is 1.68. The highest BCUT2D eigenvalue weighted by molar-refractivity contribution is 7.17. The number of nitrogens with one attached hydrogen (secondary N) is 1. The number of nitrogens with two attached hydrogens (primary N) is 1. The van der Waals surface area contributed by atoms with E-state index in [1.807, 2.05) is 24.3 Å². The molecule has 0 aliphatic heterocycles. The predicted molar refractivity (Wildman–Crippen MR) is 109 cm³/mol. The second-order valence-electron chi connectivity index (χ2n) is 6.99. The topological polar surface area (TPSA) is 81.4 Å². The Morgan fingerprint density at radius 1 is 1.30 bits per heavy atom. The molecule has 0 radical (unpaired) electrons. The molecule has 0 unspecified atom stereocenters. The minimum absolute atomic E-state index is 0.0982. The molecule has 1 heterocycles. The molecule has 0 spiro atoms. The van der Waals surface area contributed by atoms with E-state index in [9.17, 15) is 9.59 Å². The van der Waals surface area contributed by atoms with Crippen LogP contribution in [0.15, 0.2) is 24.3 Å². The lowest BCUT2D eigenvalue weighted by molar-refractivity contribution is -0.116. The lowest BCUT2D eigenvalue weighted by Gasteiger charge is -2.20. The quantitative estimate of drug-likeness (QED) is 0.756. The fraction of sp³-hybridized carbons (Fsp3) is 0.429. The van der Waals surface area contributed by atoms with Gasteiger partial charge in [-0.3, -0.25) is 9.59 Å². The molecule has 0 fully saturated rings. The number of carbonyl (C=O) groups is 2. The summed E-state index contributed by atoms with van der Waals surface area (Å²) in [5.41, 5.74) is 8.25. The molecule has 1 aliphatic carbocycles. The third-order valence-electron chi connectivity index (χ3n) is 5.24. The number of benzene rings is 1. The standard InChI is InChI=1S/C21H26N2O3S/c1-3-13-6-10-16-17(12-13)27-21(19(16)20(22)25)23-18(24)11-7-14-4-8-15(26-2)9-5-14/h4-5,8-9,13H,3,6-7,10-12H2,1-2H3,(H2,22,25)(H,23,24)/t13-/m1/s1. The first-order valence-electron chi connectivity index (χ1n) is 9.38. The maximum Gasteiger partial charge on any atom is 0.251 e. The van der Waals surface area contributed by atoms with Crippen molar-refractivity contribution in [1.29, 1.82) is 0 Å². The van der Waals surface area contributed by atoms with Gasteiger partial charge in [-0.2, -0.15) is 0 Å². The van der Waals surface area contributed by atoms with Crippen molar-refractivity contribution < 1.29 is 14.3 Å². The Hall–Kier alpha value is -2.34. The molecule has 2 aromatic rings. The van der Waals surface area contributed by atoms with Crippen molar-refractivity contribution in [2.75, 3.05) is 12.4 Å². The molecular formula is C21H26N2O3S. The number of primary amides is 1. The zero-order chi connectivity index (χ0) is 19.4. The monoisotopic (exact) mass is 386 g/mol. The van der Waals surface area contributed by atoms with Crippen LogP contribution in [-0.4, -0.2) is 18.9 Å². The smallest absolute Gasteiger partial charge is 0.251 e. The highest BCUT2D eigenvalue weighted by Gasteiger charge is 2.27. The number of anilines is 1. The van der Waals surface area contributed by atoms with Crippen LogP contribution in [0, 0.1) is 5.92 Å². The Bertz CT molecular complexity index is 827. The number of fused-ring (bicyclic) bond motifs is 1. The van der Waals surface area contributed by atoms with E-state index in [2.05, 4.69) is 12.2 Å². The van der Waals surface area contributed by atoms with E-state index in [1.165, 1.54) is 16.2 Å². The highest BCUT2D eigenvalue weighted by atomic mass is 32.1. The molecule has 3 rings (SSSR count). The first kappa shape index (κ1) is 19.4. The number of ether oxygens (including phenoxy) is 1. The summed E-state index contributed by atoms with van der Waals surface area (Å²) in [6.45, 7) is 2.19. The van der Waals surface area contributed by atoms with E-state index < -0.39 is 5.91 Å². The number of hydrogen-bond donors (Lipinski definition) is 2. The van der Waals surface area contributed by atoms with Crippen LogP contribution in [0.25, 0.3) is 0 Å². The Labute approximate surface area is 163 Å². The molecule has 1 aromatic carbocycles. The zero-order valence-corrected chi connectivity index (χ0v) is 16.7. The van der Waals surface area contributed by atoms with Gasteiger partial charge in [0.05, 0.1) is 12.7 Å². The Kier molecular flexibility index (Phi) is 6.16. The van der Waals surface area contributed by atoms with Gasteiger partial charge in [0.15, 0.2) is 0 Å². The van der Waals surface area contributed by atoms with Crippen molar-refractivity contribution in [2.45, 2.75) is 45.4 Å². The van der Waals surface area contributed by atoms with Gasteiger partial charge in [0.1, 0.15) is 10.8 Å². The molecule has 2 amide bonds. The van der Waals surface area contributed by atoms with Gasteiger partial charge in [-0.1, -0.05) is 25.5 Å². The average molecular weight is 387 g/mol. The van der Waals surface area contributed by atoms with Crippen LogP contribution in [0.3, 0.4) is 0 Å². The summed E-state index contributed by atoms with van der Waals surface area (Å²) in [7, 11) is 1.63. The molecule has 0 saturated heterocycles. The number of rotatable bonds is 7. The molecule has 27 heavy (non-hydrogen) atoms. The molecule has 3 N–H and O–H groups in total. The van der Waals surface area contributed by atoms with Gasteiger partial charge in [-0.25, -0.2) is 0 Å². The van der Waals surface area contributed by atoms with Gasteiger partial charge >= 0.3 is 0 Å². The first-order chi connectivity index (χ1) is 13.0. The van der Waals surface area contributed by atoms with Gasteiger partial charge < -0.3 is 15.8 Å². The fourth-order valence-electron chi connectivity index (χ4n) is 3.59. The number of hydrogen-bond acceptors (Lipinski definition) is 4. The average Bonchev–Trinajstić information content (AvgIpc) is 3.03. The normalized spacial score (nSPS) is 15.9. The summed E-state index contributed by atoms with van der Waals surface area (Å²) < 4.78 is 5.14. The van der Waals surface area contributed by atoms with Crippen molar-refractivity contribution in [3.8, 4) is 5.75 Å². The van der Waals surface area contributed by atoms with Crippen LogP contribution in [0.4, 0.5) is 5.00 Å². The number of aryl methyl sites for hydroxylation is 1. The van der Waals surface area contributed by atoms with Gasteiger partial charge in [-0.05, 0) is 54.9 Å². The molecule has 1 aliphatic rings.